The fourth-order valence-electron chi connectivity index (χ4n) is 3.42. The van der Waals surface area contributed by atoms with E-state index in [1.54, 1.807) is 0 Å². The highest BCUT2D eigenvalue weighted by molar-refractivity contribution is 4.94. The molecule has 102 valence electrons. The minimum Gasteiger partial charge on any atom is -0.390 e. The fourth-order valence-corrected chi connectivity index (χ4v) is 3.42. The van der Waals surface area contributed by atoms with Gasteiger partial charge in [-0.05, 0) is 48.9 Å². The standard InChI is InChI=1S/C16H32O/c1-12(2)14-8-7-13(3)11-16(14,17)10-9-15(4,5)6/h12-14,17H,7-11H2,1-6H3. The average molecular weight is 240 g/mol. The Labute approximate surface area is 108 Å². The van der Waals surface area contributed by atoms with Gasteiger partial charge in [0, 0.05) is 0 Å². The van der Waals surface area contributed by atoms with Crippen LogP contribution in [0, 0.1) is 23.2 Å². The predicted molar refractivity (Wildman–Crippen MR) is 75.0 cm³/mol. The molecule has 1 rings (SSSR count). The lowest BCUT2D eigenvalue weighted by Gasteiger charge is -2.45. The summed E-state index contributed by atoms with van der Waals surface area (Å²) < 4.78 is 0. The summed E-state index contributed by atoms with van der Waals surface area (Å²) in [4.78, 5) is 0. The van der Waals surface area contributed by atoms with Crippen LogP contribution in [0.3, 0.4) is 0 Å². The first kappa shape index (κ1) is 15.0. The fraction of sp³-hybridized carbons (Fsp3) is 1.00. The molecule has 0 aromatic heterocycles. The summed E-state index contributed by atoms with van der Waals surface area (Å²) in [6, 6.07) is 0. The van der Waals surface area contributed by atoms with E-state index in [-0.39, 0.29) is 0 Å². The van der Waals surface area contributed by atoms with Gasteiger partial charge in [0.25, 0.3) is 0 Å². The molecule has 0 saturated heterocycles. The van der Waals surface area contributed by atoms with Gasteiger partial charge in [0.2, 0.25) is 0 Å². The highest BCUT2D eigenvalue weighted by Gasteiger charge is 2.42. The molecule has 1 saturated carbocycles. The van der Waals surface area contributed by atoms with Gasteiger partial charge in [-0.15, -0.1) is 0 Å². The summed E-state index contributed by atoms with van der Waals surface area (Å²) in [5, 5.41) is 11.0. The molecule has 3 unspecified atom stereocenters. The van der Waals surface area contributed by atoms with E-state index in [4.69, 9.17) is 0 Å². The topological polar surface area (TPSA) is 20.2 Å². The molecule has 0 bridgehead atoms. The first-order chi connectivity index (χ1) is 7.64. The van der Waals surface area contributed by atoms with Crippen molar-refractivity contribution in [2.45, 2.75) is 79.2 Å². The first-order valence-corrected chi connectivity index (χ1v) is 7.36. The molecule has 17 heavy (non-hydrogen) atoms. The summed E-state index contributed by atoms with van der Waals surface area (Å²) in [5.74, 6) is 1.79. The Morgan fingerprint density at radius 1 is 1.24 bits per heavy atom. The van der Waals surface area contributed by atoms with Gasteiger partial charge in [0.05, 0.1) is 5.60 Å². The number of hydrogen-bond acceptors (Lipinski definition) is 1. The molecule has 0 spiro atoms. The van der Waals surface area contributed by atoms with Crippen molar-refractivity contribution in [3.8, 4) is 0 Å². The van der Waals surface area contributed by atoms with Gasteiger partial charge >= 0.3 is 0 Å². The van der Waals surface area contributed by atoms with Crippen molar-refractivity contribution in [2.24, 2.45) is 23.2 Å². The van der Waals surface area contributed by atoms with E-state index >= 15 is 0 Å². The quantitative estimate of drug-likeness (QED) is 0.762. The van der Waals surface area contributed by atoms with E-state index in [1.807, 2.05) is 0 Å². The first-order valence-electron chi connectivity index (χ1n) is 7.36. The lowest BCUT2D eigenvalue weighted by atomic mass is 9.64. The maximum absolute atomic E-state index is 11.0. The normalized spacial score (nSPS) is 35.3. The third-order valence-electron chi connectivity index (χ3n) is 4.48. The average Bonchev–Trinajstić information content (AvgIpc) is 2.13. The van der Waals surface area contributed by atoms with Crippen molar-refractivity contribution in [1.82, 2.24) is 0 Å². The van der Waals surface area contributed by atoms with Crippen LogP contribution >= 0.6 is 0 Å². The maximum Gasteiger partial charge on any atom is 0.0681 e. The molecule has 0 amide bonds. The molecule has 1 aliphatic rings. The van der Waals surface area contributed by atoms with Gasteiger partial charge in [0.1, 0.15) is 0 Å². The number of hydrogen-bond donors (Lipinski definition) is 1. The van der Waals surface area contributed by atoms with Crippen LogP contribution in [0.4, 0.5) is 0 Å². The van der Waals surface area contributed by atoms with Gasteiger partial charge in [-0.2, -0.15) is 0 Å². The molecule has 0 radical (unpaired) electrons. The van der Waals surface area contributed by atoms with Gasteiger partial charge in [-0.3, -0.25) is 0 Å². The summed E-state index contributed by atoms with van der Waals surface area (Å²) >= 11 is 0. The molecule has 3 atom stereocenters. The maximum atomic E-state index is 11.0. The molecular formula is C16H32O. The third-order valence-corrected chi connectivity index (χ3v) is 4.48. The molecule has 1 N–H and O–H groups in total. The van der Waals surface area contributed by atoms with Crippen molar-refractivity contribution < 1.29 is 5.11 Å². The van der Waals surface area contributed by atoms with Crippen LogP contribution in [0.25, 0.3) is 0 Å². The Kier molecular flexibility index (Phi) is 4.68. The van der Waals surface area contributed by atoms with Crippen LogP contribution in [-0.4, -0.2) is 10.7 Å². The minimum atomic E-state index is -0.404. The Hall–Kier alpha value is -0.0400. The summed E-state index contributed by atoms with van der Waals surface area (Å²) in [6.07, 6.45) is 5.61. The molecular weight excluding hydrogens is 208 g/mol. The van der Waals surface area contributed by atoms with E-state index in [1.165, 1.54) is 12.8 Å². The number of rotatable bonds is 3. The van der Waals surface area contributed by atoms with Crippen molar-refractivity contribution in [3.05, 3.63) is 0 Å². The Morgan fingerprint density at radius 3 is 2.29 bits per heavy atom. The zero-order valence-electron chi connectivity index (χ0n) is 12.7. The molecule has 0 aromatic rings. The minimum absolute atomic E-state index is 0.331. The van der Waals surface area contributed by atoms with Crippen LogP contribution < -0.4 is 0 Å². The molecule has 1 aliphatic carbocycles. The second-order valence-corrected chi connectivity index (χ2v) is 7.90. The monoisotopic (exact) mass is 240 g/mol. The highest BCUT2D eigenvalue weighted by atomic mass is 16.3. The molecule has 1 heteroatoms. The van der Waals surface area contributed by atoms with Crippen LogP contribution in [-0.2, 0) is 0 Å². The predicted octanol–water partition coefficient (Wildman–Crippen LogP) is 4.64. The van der Waals surface area contributed by atoms with Crippen molar-refractivity contribution in [1.29, 1.82) is 0 Å². The Bertz CT molecular complexity index is 238. The number of aliphatic hydroxyl groups is 1. The molecule has 1 fully saturated rings. The van der Waals surface area contributed by atoms with Crippen molar-refractivity contribution in [3.63, 3.8) is 0 Å². The van der Waals surface area contributed by atoms with Crippen molar-refractivity contribution in [2.75, 3.05) is 0 Å². The van der Waals surface area contributed by atoms with Crippen molar-refractivity contribution >= 4 is 0 Å². The van der Waals surface area contributed by atoms with Crippen LogP contribution in [0.2, 0.25) is 0 Å². The van der Waals surface area contributed by atoms with Gasteiger partial charge < -0.3 is 5.11 Å². The van der Waals surface area contributed by atoms with Crippen LogP contribution in [0.5, 0.6) is 0 Å². The molecule has 0 heterocycles. The van der Waals surface area contributed by atoms with Gasteiger partial charge in [-0.1, -0.05) is 48.0 Å². The van der Waals surface area contributed by atoms with E-state index < -0.39 is 5.60 Å². The second-order valence-electron chi connectivity index (χ2n) is 7.90. The van der Waals surface area contributed by atoms with Crippen LogP contribution in [0.1, 0.15) is 73.6 Å². The third kappa shape index (κ3) is 4.28. The van der Waals surface area contributed by atoms with E-state index in [0.717, 1.165) is 19.3 Å². The zero-order valence-corrected chi connectivity index (χ0v) is 12.7. The highest BCUT2D eigenvalue weighted by Crippen LogP contribution is 2.44. The SMILES string of the molecule is CC1CCC(C(C)C)C(O)(CCC(C)(C)C)C1. The zero-order chi connectivity index (χ0) is 13.3. The largest absolute Gasteiger partial charge is 0.390 e. The second kappa shape index (κ2) is 5.30. The molecule has 0 aromatic carbocycles. The van der Waals surface area contributed by atoms with E-state index in [9.17, 15) is 5.11 Å². The molecule has 1 nitrogen and oxygen atoms in total. The van der Waals surface area contributed by atoms with Gasteiger partial charge in [0.15, 0.2) is 0 Å². The Morgan fingerprint density at radius 2 is 1.82 bits per heavy atom. The Balaban J connectivity index is 2.71. The lowest BCUT2D eigenvalue weighted by Crippen LogP contribution is -2.46. The van der Waals surface area contributed by atoms with Gasteiger partial charge in [-0.25, -0.2) is 0 Å². The van der Waals surface area contributed by atoms with E-state index in [0.29, 0.717) is 23.2 Å². The summed E-state index contributed by atoms with van der Waals surface area (Å²) in [7, 11) is 0. The lowest BCUT2D eigenvalue weighted by molar-refractivity contribution is -0.0910. The summed E-state index contributed by atoms with van der Waals surface area (Å²) in [5.41, 5.74) is -0.0724. The smallest absolute Gasteiger partial charge is 0.0681 e. The van der Waals surface area contributed by atoms with Crippen LogP contribution in [0.15, 0.2) is 0 Å². The summed E-state index contributed by atoms with van der Waals surface area (Å²) in [6.45, 7) is 13.6. The molecule has 0 aliphatic heterocycles. The van der Waals surface area contributed by atoms with E-state index in [2.05, 4.69) is 41.5 Å².